The summed E-state index contributed by atoms with van der Waals surface area (Å²) in [6.45, 7) is 3.70. The minimum atomic E-state index is 0.691. The van der Waals surface area contributed by atoms with E-state index >= 15 is 0 Å². The number of hydrogen-bond donors (Lipinski definition) is 1. The Morgan fingerprint density at radius 1 is 1.43 bits per heavy atom. The lowest BCUT2D eigenvalue weighted by atomic mass is 10.1. The Labute approximate surface area is 83.5 Å². The molecule has 0 saturated heterocycles. The number of fused-ring (bicyclic) bond motifs is 1. The third-order valence-electron chi connectivity index (χ3n) is 2.49. The molecule has 0 amide bonds. The number of benzene rings is 1. The summed E-state index contributed by atoms with van der Waals surface area (Å²) in [6, 6.07) is 6.30. The summed E-state index contributed by atoms with van der Waals surface area (Å²) >= 11 is 0. The van der Waals surface area contributed by atoms with Crippen molar-refractivity contribution in [1.82, 2.24) is 9.78 Å². The quantitative estimate of drug-likeness (QED) is 0.796. The van der Waals surface area contributed by atoms with Gasteiger partial charge in [-0.05, 0) is 31.5 Å². The molecule has 0 atom stereocenters. The molecule has 0 fully saturated rings. The summed E-state index contributed by atoms with van der Waals surface area (Å²) in [6.07, 6.45) is 2.86. The first-order valence-corrected chi connectivity index (χ1v) is 5.00. The average Bonchev–Trinajstić information content (AvgIpc) is 2.62. The van der Waals surface area contributed by atoms with Gasteiger partial charge in [-0.1, -0.05) is 12.1 Å². The lowest BCUT2D eigenvalue weighted by molar-refractivity contribution is 0.684. The van der Waals surface area contributed by atoms with Gasteiger partial charge in [0.05, 0.1) is 11.7 Å². The van der Waals surface area contributed by atoms with Gasteiger partial charge in [0, 0.05) is 11.9 Å². The Kier molecular flexibility index (Phi) is 2.50. The van der Waals surface area contributed by atoms with Crippen LogP contribution in [0.15, 0.2) is 24.4 Å². The highest BCUT2D eigenvalue weighted by atomic mass is 15.3. The van der Waals surface area contributed by atoms with Gasteiger partial charge in [-0.3, -0.25) is 4.68 Å². The van der Waals surface area contributed by atoms with Crippen molar-refractivity contribution in [1.29, 1.82) is 0 Å². The largest absolute Gasteiger partial charge is 0.330 e. The first-order chi connectivity index (χ1) is 6.86. The summed E-state index contributed by atoms with van der Waals surface area (Å²) in [4.78, 5) is 0. The SMILES string of the molecule is CCn1ncc2c(CCN)cccc21. The lowest BCUT2D eigenvalue weighted by Crippen LogP contribution is -2.03. The molecule has 14 heavy (non-hydrogen) atoms. The fourth-order valence-corrected chi connectivity index (χ4v) is 1.79. The molecule has 0 spiro atoms. The summed E-state index contributed by atoms with van der Waals surface area (Å²) < 4.78 is 2.01. The van der Waals surface area contributed by atoms with E-state index in [1.807, 2.05) is 10.9 Å². The second kappa shape index (κ2) is 3.80. The molecule has 0 aliphatic heterocycles. The van der Waals surface area contributed by atoms with Gasteiger partial charge in [0.15, 0.2) is 0 Å². The van der Waals surface area contributed by atoms with Gasteiger partial charge in [-0.15, -0.1) is 0 Å². The van der Waals surface area contributed by atoms with Crippen molar-refractivity contribution >= 4 is 10.9 Å². The maximum atomic E-state index is 5.56. The van der Waals surface area contributed by atoms with Crippen LogP contribution < -0.4 is 5.73 Å². The molecule has 2 N–H and O–H groups in total. The molecule has 74 valence electrons. The Hall–Kier alpha value is -1.35. The van der Waals surface area contributed by atoms with Crippen molar-refractivity contribution in [2.75, 3.05) is 6.54 Å². The van der Waals surface area contributed by atoms with Crippen LogP contribution >= 0.6 is 0 Å². The third-order valence-corrected chi connectivity index (χ3v) is 2.49. The van der Waals surface area contributed by atoms with Crippen molar-refractivity contribution < 1.29 is 0 Å². The molecular formula is C11H15N3. The zero-order valence-corrected chi connectivity index (χ0v) is 8.40. The number of aromatic nitrogens is 2. The minimum absolute atomic E-state index is 0.691. The Morgan fingerprint density at radius 3 is 3.00 bits per heavy atom. The Balaban J connectivity index is 2.58. The van der Waals surface area contributed by atoms with Crippen molar-refractivity contribution in [3.63, 3.8) is 0 Å². The van der Waals surface area contributed by atoms with E-state index in [9.17, 15) is 0 Å². The van der Waals surface area contributed by atoms with Gasteiger partial charge in [-0.25, -0.2) is 0 Å². The van der Waals surface area contributed by atoms with Crippen molar-refractivity contribution in [2.24, 2.45) is 5.73 Å². The predicted octanol–water partition coefficient (Wildman–Crippen LogP) is 1.56. The van der Waals surface area contributed by atoms with Crippen LogP contribution in [0, 0.1) is 0 Å². The monoisotopic (exact) mass is 189 g/mol. The summed E-state index contributed by atoms with van der Waals surface area (Å²) in [5.41, 5.74) is 8.07. The number of hydrogen-bond acceptors (Lipinski definition) is 2. The van der Waals surface area contributed by atoms with Gasteiger partial charge in [0.25, 0.3) is 0 Å². The molecule has 3 nitrogen and oxygen atoms in total. The van der Waals surface area contributed by atoms with Gasteiger partial charge in [-0.2, -0.15) is 5.10 Å². The highest BCUT2D eigenvalue weighted by Gasteiger charge is 2.04. The molecule has 2 rings (SSSR count). The van der Waals surface area contributed by atoms with Gasteiger partial charge >= 0.3 is 0 Å². The molecule has 3 heteroatoms. The molecule has 1 aromatic heterocycles. The fraction of sp³-hybridized carbons (Fsp3) is 0.364. The van der Waals surface area contributed by atoms with E-state index < -0.39 is 0 Å². The maximum Gasteiger partial charge on any atom is 0.0685 e. The first kappa shape index (κ1) is 9.21. The van der Waals surface area contributed by atoms with Crippen LogP contribution in [0.25, 0.3) is 10.9 Å². The molecule has 1 aromatic carbocycles. The van der Waals surface area contributed by atoms with Crippen LogP contribution in [0.1, 0.15) is 12.5 Å². The van der Waals surface area contributed by atoms with Crippen molar-refractivity contribution in [3.05, 3.63) is 30.0 Å². The van der Waals surface area contributed by atoms with Crippen LogP contribution in [-0.4, -0.2) is 16.3 Å². The fourth-order valence-electron chi connectivity index (χ4n) is 1.79. The van der Waals surface area contributed by atoms with E-state index in [-0.39, 0.29) is 0 Å². The van der Waals surface area contributed by atoms with Crippen LogP contribution in [0.2, 0.25) is 0 Å². The molecule has 2 aromatic rings. The maximum absolute atomic E-state index is 5.56. The number of rotatable bonds is 3. The third kappa shape index (κ3) is 1.40. The highest BCUT2D eigenvalue weighted by Crippen LogP contribution is 2.18. The lowest BCUT2D eigenvalue weighted by Gasteiger charge is -2.02. The molecule has 0 aliphatic carbocycles. The van der Waals surface area contributed by atoms with Crippen LogP contribution in [0.5, 0.6) is 0 Å². The molecular weight excluding hydrogens is 174 g/mol. The summed E-state index contributed by atoms with van der Waals surface area (Å²) in [7, 11) is 0. The zero-order valence-electron chi connectivity index (χ0n) is 8.40. The minimum Gasteiger partial charge on any atom is -0.330 e. The standard InChI is InChI=1S/C11H15N3/c1-2-14-11-5-3-4-9(6-7-12)10(11)8-13-14/h3-5,8H,2,6-7,12H2,1H3. The van der Waals surface area contributed by atoms with Gasteiger partial charge in [0.2, 0.25) is 0 Å². The van der Waals surface area contributed by atoms with E-state index in [1.54, 1.807) is 0 Å². The second-order valence-corrected chi connectivity index (χ2v) is 3.35. The molecule has 0 aliphatic rings. The van der Waals surface area contributed by atoms with Crippen LogP contribution in [0.3, 0.4) is 0 Å². The van der Waals surface area contributed by atoms with E-state index in [1.165, 1.54) is 16.5 Å². The molecule has 0 bridgehead atoms. The normalized spacial score (nSPS) is 11.0. The Morgan fingerprint density at radius 2 is 2.29 bits per heavy atom. The van der Waals surface area contributed by atoms with E-state index in [4.69, 9.17) is 5.73 Å². The first-order valence-electron chi connectivity index (χ1n) is 5.00. The highest BCUT2D eigenvalue weighted by molar-refractivity contribution is 5.82. The average molecular weight is 189 g/mol. The summed E-state index contributed by atoms with van der Waals surface area (Å²) in [5, 5.41) is 5.57. The second-order valence-electron chi connectivity index (χ2n) is 3.35. The molecule has 0 radical (unpaired) electrons. The Bertz CT molecular complexity index is 431. The van der Waals surface area contributed by atoms with E-state index in [0.717, 1.165) is 13.0 Å². The van der Waals surface area contributed by atoms with Crippen LogP contribution in [0.4, 0.5) is 0 Å². The molecule has 0 unspecified atom stereocenters. The number of nitrogens with two attached hydrogens (primary N) is 1. The molecule has 0 saturated carbocycles. The van der Waals surface area contributed by atoms with Gasteiger partial charge in [0.1, 0.15) is 0 Å². The van der Waals surface area contributed by atoms with Crippen LogP contribution in [-0.2, 0) is 13.0 Å². The summed E-state index contributed by atoms with van der Waals surface area (Å²) in [5.74, 6) is 0. The van der Waals surface area contributed by atoms with E-state index in [0.29, 0.717) is 6.54 Å². The molecule has 1 heterocycles. The van der Waals surface area contributed by atoms with Crippen molar-refractivity contribution in [2.45, 2.75) is 19.9 Å². The number of aryl methyl sites for hydroxylation is 1. The number of nitrogens with zero attached hydrogens (tertiary/aromatic N) is 2. The predicted molar refractivity (Wildman–Crippen MR) is 58.2 cm³/mol. The van der Waals surface area contributed by atoms with Gasteiger partial charge < -0.3 is 5.73 Å². The van der Waals surface area contributed by atoms with Crippen molar-refractivity contribution in [3.8, 4) is 0 Å². The topological polar surface area (TPSA) is 43.8 Å². The zero-order chi connectivity index (χ0) is 9.97. The van der Waals surface area contributed by atoms with E-state index in [2.05, 4.69) is 30.2 Å². The smallest absolute Gasteiger partial charge is 0.0685 e.